The number of nitriles is 1. The van der Waals surface area contributed by atoms with Crippen molar-refractivity contribution in [3.63, 3.8) is 0 Å². The molecule has 140 valence electrons. The number of nitrogens with zero attached hydrogens (tertiary/aromatic N) is 3. The Bertz CT molecular complexity index is 767. The summed E-state index contributed by atoms with van der Waals surface area (Å²) in [6.45, 7) is 4.80. The van der Waals surface area contributed by atoms with E-state index in [1.807, 2.05) is 0 Å². The number of anilines is 2. The van der Waals surface area contributed by atoms with Gasteiger partial charge in [0.05, 0.1) is 5.69 Å². The summed E-state index contributed by atoms with van der Waals surface area (Å²) in [5.74, 6) is 0.644. The number of rotatable bonds is 7. The van der Waals surface area contributed by atoms with E-state index < -0.39 is 0 Å². The number of H-pyrrole nitrogens is 1. The fourth-order valence-electron chi connectivity index (χ4n) is 2.73. The molecule has 26 heavy (non-hydrogen) atoms. The number of nitrogens with two attached hydrogens (primary N) is 2. The first-order valence-corrected chi connectivity index (χ1v) is 8.51. The van der Waals surface area contributed by atoms with E-state index in [2.05, 4.69) is 58.6 Å². The van der Waals surface area contributed by atoms with Crippen LogP contribution >= 0.6 is 24.0 Å². The van der Waals surface area contributed by atoms with Crippen LogP contribution in [0.2, 0.25) is 0 Å². The lowest BCUT2D eigenvalue weighted by Crippen LogP contribution is -2.24. The predicted molar refractivity (Wildman–Crippen MR) is 117 cm³/mol. The Hall–Kier alpha value is -2.28. The highest BCUT2D eigenvalue weighted by atomic mass is 127. The first-order chi connectivity index (χ1) is 12.1. The largest absolute Gasteiger partial charge is 0.381 e. The summed E-state index contributed by atoms with van der Waals surface area (Å²) in [6.07, 6.45) is 3.26. The van der Waals surface area contributed by atoms with Crippen molar-refractivity contribution in [1.29, 1.82) is 5.26 Å². The third-order valence-electron chi connectivity index (χ3n) is 4.10. The molecule has 0 unspecified atom stereocenters. The summed E-state index contributed by atoms with van der Waals surface area (Å²) in [5, 5.41) is 18.9. The SMILES string of the molecule is CCc1cccc(CC)c1NC(N)=NCCCc1[nH]nc(N)c1C#N.I. The zero-order valence-electron chi connectivity index (χ0n) is 15.2. The summed E-state index contributed by atoms with van der Waals surface area (Å²) in [5.41, 5.74) is 16.3. The molecular weight excluding hydrogens is 441 g/mol. The molecule has 0 aliphatic rings. The summed E-state index contributed by atoms with van der Waals surface area (Å²) >= 11 is 0. The van der Waals surface area contributed by atoms with Gasteiger partial charge in [-0.15, -0.1) is 24.0 Å². The van der Waals surface area contributed by atoms with Gasteiger partial charge in [-0.3, -0.25) is 10.1 Å². The molecule has 0 bridgehead atoms. The molecule has 2 aromatic rings. The van der Waals surface area contributed by atoms with E-state index >= 15 is 0 Å². The van der Waals surface area contributed by atoms with Crippen LogP contribution in [0.4, 0.5) is 11.5 Å². The molecule has 0 saturated heterocycles. The average molecular weight is 467 g/mol. The van der Waals surface area contributed by atoms with E-state index in [-0.39, 0.29) is 29.8 Å². The Morgan fingerprint density at radius 2 is 1.96 bits per heavy atom. The number of nitrogens with one attached hydrogen (secondary N) is 2. The third-order valence-corrected chi connectivity index (χ3v) is 4.10. The lowest BCUT2D eigenvalue weighted by molar-refractivity contribution is 0.802. The summed E-state index contributed by atoms with van der Waals surface area (Å²) in [7, 11) is 0. The van der Waals surface area contributed by atoms with Gasteiger partial charge in [0.25, 0.3) is 0 Å². The molecule has 6 N–H and O–H groups in total. The van der Waals surface area contributed by atoms with Crippen molar-refractivity contribution < 1.29 is 0 Å². The fraction of sp³-hybridized carbons (Fsp3) is 0.389. The molecule has 0 amide bonds. The van der Waals surface area contributed by atoms with Gasteiger partial charge in [-0.2, -0.15) is 10.4 Å². The van der Waals surface area contributed by atoms with Crippen molar-refractivity contribution in [3.8, 4) is 6.07 Å². The Kier molecular flexibility index (Phi) is 8.92. The molecule has 2 rings (SSSR count). The molecule has 0 saturated carbocycles. The number of aromatic nitrogens is 2. The molecule has 0 aliphatic carbocycles. The molecule has 0 aliphatic heterocycles. The number of aryl methyl sites for hydroxylation is 3. The maximum Gasteiger partial charge on any atom is 0.193 e. The summed E-state index contributed by atoms with van der Waals surface area (Å²) in [4.78, 5) is 4.38. The van der Waals surface area contributed by atoms with Crippen molar-refractivity contribution in [3.05, 3.63) is 40.6 Å². The number of hydrogen-bond donors (Lipinski definition) is 4. The van der Waals surface area contributed by atoms with E-state index in [1.165, 1.54) is 11.1 Å². The first-order valence-electron chi connectivity index (χ1n) is 8.51. The van der Waals surface area contributed by atoms with Crippen LogP contribution in [0.15, 0.2) is 23.2 Å². The smallest absolute Gasteiger partial charge is 0.193 e. The van der Waals surface area contributed by atoms with Crippen molar-refractivity contribution >= 4 is 41.4 Å². The number of para-hydroxylation sites is 1. The monoisotopic (exact) mass is 467 g/mol. The van der Waals surface area contributed by atoms with Crippen LogP contribution in [-0.2, 0) is 19.3 Å². The topological polar surface area (TPSA) is 129 Å². The maximum atomic E-state index is 9.05. The van der Waals surface area contributed by atoms with Crippen LogP contribution in [0.25, 0.3) is 0 Å². The zero-order valence-corrected chi connectivity index (χ0v) is 17.5. The standard InChI is InChI=1S/C18H25N7.HI/c1-3-12-7-5-8-13(4-2)16(12)23-18(21)22-10-6-9-15-14(11-19)17(20)25-24-15;/h5,7-8H,3-4,6,9-10H2,1-2H3,(H3,20,24,25)(H3,21,22,23);1H. The highest BCUT2D eigenvalue weighted by molar-refractivity contribution is 14.0. The second kappa shape index (κ2) is 10.7. The van der Waals surface area contributed by atoms with Gasteiger partial charge in [0.15, 0.2) is 11.8 Å². The van der Waals surface area contributed by atoms with E-state index in [0.29, 0.717) is 24.5 Å². The third kappa shape index (κ3) is 5.36. The van der Waals surface area contributed by atoms with Crippen molar-refractivity contribution in [2.45, 2.75) is 39.5 Å². The van der Waals surface area contributed by atoms with E-state index in [0.717, 1.165) is 30.6 Å². The second-order valence-electron chi connectivity index (χ2n) is 5.73. The number of nitrogen functional groups attached to an aromatic ring is 1. The van der Waals surface area contributed by atoms with Crippen LogP contribution in [0.3, 0.4) is 0 Å². The summed E-state index contributed by atoms with van der Waals surface area (Å²) in [6, 6.07) is 8.32. The molecular formula is C18H26IN7. The van der Waals surface area contributed by atoms with Gasteiger partial charge in [-0.25, -0.2) is 0 Å². The van der Waals surface area contributed by atoms with Gasteiger partial charge in [-0.1, -0.05) is 32.0 Å². The van der Waals surface area contributed by atoms with Crippen molar-refractivity contribution in [2.75, 3.05) is 17.6 Å². The normalized spacial score (nSPS) is 10.9. The minimum Gasteiger partial charge on any atom is -0.381 e. The number of halogens is 1. The van der Waals surface area contributed by atoms with Crippen LogP contribution in [0.1, 0.15) is 42.7 Å². The van der Waals surface area contributed by atoms with Gasteiger partial charge in [0, 0.05) is 12.2 Å². The van der Waals surface area contributed by atoms with Crippen LogP contribution < -0.4 is 16.8 Å². The molecule has 1 heterocycles. The first kappa shape index (κ1) is 21.8. The highest BCUT2D eigenvalue weighted by Gasteiger charge is 2.10. The molecule has 0 spiro atoms. The lowest BCUT2D eigenvalue weighted by atomic mass is 10.0. The average Bonchev–Trinajstić information content (AvgIpc) is 2.98. The quantitative estimate of drug-likeness (QED) is 0.215. The van der Waals surface area contributed by atoms with E-state index in [4.69, 9.17) is 16.7 Å². The van der Waals surface area contributed by atoms with Crippen LogP contribution in [0, 0.1) is 11.3 Å². The van der Waals surface area contributed by atoms with Crippen LogP contribution in [-0.4, -0.2) is 22.7 Å². The number of aromatic amines is 1. The minimum atomic E-state index is 0. The molecule has 0 fully saturated rings. The molecule has 0 radical (unpaired) electrons. The number of benzene rings is 1. The lowest BCUT2D eigenvalue weighted by Gasteiger charge is -2.14. The van der Waals surface area contributed by atoms with Gasteiger partial charge >= 0.3 is 0 Å². The van der Waals surface area contributed by atoms with Gasteiger partial charge in [-0.05, 0) is 36.8 Å². The van der Waals surface area contributed by atoms with Crippen molar-refractivity contribution in [1.82, 2.24) is 10.2 Å². The fourth-order valence-corrected chi connectivity index (χ4v) is 2.73. The Labute approximate surface area is 171 Å². The molecule has 8 heteroatoms. The van der Waals surface area contributed by atoms with Gasteiger partial charge in [0.2, 0.25) is 0 Å². The highest BCUT2D eigenvalue weighted by Crippen LogP contribution is 2.22. The van der Waals surface area contributed by atoms with Gasteiger partial charge < -0.3 is 16.8 Å². The molecule has 1 aromatic carbocycles. The Balaban J connectivity index is 0.00000338. The predicted octanol–water partition coefficient (Wildman–Crippen LogP) is 2.97. The van der Waals surface area contributed by atoms with Crippen LogP contribution in [0.5, 0.6) is 0 Å². The zero-order chi connectivity index (χ0) is 18.2. The number of guanidine groups is 1. The second-order valence-corrected chi connectivity index (χ2v) is 5.73. The summed E-state index contributed by atoms with van der Waals surface area (Å²) < 4.78 is 0. The van der Waals surface area contributed by atoms with E-state index in [9.17, 15) is 0 Å². The molecule has 7 nitrogen and oxygen atoms in total. The number of hydrogen-bond acceptors (Lipinski definition) is 4. The van der Waals surface area contributed by atoms with Gasteiger partial charge in [0.1, 0.15) is 11.6 Å². The molecule has 0 atom stereocenters. The number of aliphatic imine (C=N–C) groups is 1. The minimum absolute atomic E-state index is 0. The molecule has 1 aromatic heterocycles. The Morgan fingerprint density at radius 3 is 2.54 bits per heavy atom. The van der Waals surface area contributed by atoms with Crippen molar-refractivity contribution in [2.24, 2.45) is 10.7 Å². The van der Waals surface area contributed by atoms with E-state index in [1.54, 1.807) is 0 Å². The Morgan fingerprint density at radius 1 is 1.31 bits per heavy atom. The maximum absolute atomic E-state index is 9.05.